The molecule has 1 N–H and O–H groups in total. The van der Waals surface area contributed by atoms with Gasteiger partial charge in [-0.3, -0.25) is 19.0 Å². The maximum atomic E-state index is 12.8. The fourth-order valence-corrected chi connectivity index (χ4v) is 4.36. The molecule has 0 saturated heterocycles. The topological polar surface area (TPSA) is 73.1 Å². The zero-order valence-electron chi connectivity index (χ0n) is 18.5. The monoisotopic (exact) mass is 431 g/mol. The number of amides is 1. The van der Waals surface area contributed by atoms with Gasteiger partial charge in [0.2, 0.25) is 0 Å². The number of nitrogens with zero attached hydrogens (tertiary/aromatic N) is 2. The number of aromatic nitrogens is 2. The van der Waals surface area contributed by atoms with Gasteiger partial charge in [0.05, 0.1) is 17.6 Å². The van der Waals surface area contributed by atoms with Crippen LogP contribution in [0.2, 0.25) is 0 Å². The van der Waals surface area contributed by atoms with Crippen molar-refractivity contribution in [3.8, 4) is 0 Å². The van der Waals surface area contributed by atoms with E-state index < -0.39 is 11.1 Å². The lowest BCUT2D eigenvalue weighted by Crippen LogP contribution is -2.41. The molecule has 3 aromatic rings. The van der Waals surface area contributed by atoms with Crippen LogP contribution in [-0.4, -0.2) is 21.6 Å². The van der Waals surface area contributed by atoms with Crippen molar-refractivity contribution in [2.75, 3.05) is 6.54 Å². The SMILES string of the molecule is CCn1c(=O)c(=O)n(Cc2ccc(C(=O)NCCC3=CCCCC3)cc2)c2ccccc21. The highest BCUT2D eigenvalue weighted by Crippen LogP contribution is 2.19. The molecule has 1 aliphatic rings. The Kier molecular flexibility index (Phi) is 6.69. The van der Waals surface area contributed by atoms with Crippen LogP contribution in [0.5, 0.6) is 0 Å². The Hall–Kier alpha value is -3.41. The minimum atomic E-state index is -0.538. The molecular weight excluding hydrogens is 402 g/mol. The summed E-state index contributed by atoms with van der Waals surface area (Å²) in [6.07, 6.45) is 8.01. The van der Waals surface area contributed by atoms with E-state index in [-0.39, 0.29) is 12.5 Å². The lowest BCUT2D eigenvalue weighted by molar-refractivity contribution is 0.0954. The van der Waals surface area contributed by atoms with Crippen molar-refractivity contribution >= 4 is 16.9 Å². The molecule has 0 aliphatic heterocycles. The maximum Gasteiger partial charge on any atom is 0.317 e. The Labute approximate surface area is 187 Å². The Bertz CT molecular complexity index is 1270. The third kappa shape index (κ3) is 4.59. The van der Waals surface area contributed by atoms with E-state index in [1.807, 2.05) is 43.3 Å². The Balaban J connectivity index is 1.48. The fourth-order valence-electron chi connectivity index (χ4n) is 4.36. The molecule has 0 spiro atoms. The van der Waals surface area contributed by atoms with E-state index in [0.29, 0.717) is 18.7 Å². The van der Waals surface area contributed by atoms with Gasteiger partial charge in [-0.15, -0.1) is 0 Å². The van der Waals surface area contributed by atoms with Crippen LogP contribution in [-0.2, 0) is 13.1 Å². The van der Waals surface area contributed by atoms with Crippen LogP contribution >= 0.6 is 0 Å². The summed E-state index contributed by atoms with van der Waals surface area (Å²) in [6, 6.07) is 14.6. The van der Waals surface area contributed by atoms with E-state index in [0.717, 1.165) is 35.9 Å². The number of rotatable bonds is 7. The minimum absolute atomic E-state index is 0.0962. The first kappa shape index (κ1) is 21.8. The van der Waals surface area contributed by atoms with Crippen molar-refractivity contribution in [2.45, 2.75) is 52.1 Å². The second-order valence-electron chi connectivity index (χ2n) is 8.24. The number of para-hydroxylation sites is 2. The molecule has 2 aromatic carbocycles. The molecule has 1 amide bonds. The summed E-state index contributed by atoms with van der Waals surface area (Å²) in [5, 5.41) is 2.99. The average Bonchev–Trinajstić information content (AvgIpc) is 2.83. The van der Waals surface area contributed by atoms with Crippen LogP contribution < -0.4 is 16.4 Å². The highest BCUT2D eigenvalue weighted by molar-refractivity contribution is 5.94. The van der Waals surface area contributed by atoms with Crippen LogP contribution in [0.25, 0.3) is 11.0 Å². The minimum Gasteiger partial charge on any atom is -0.352 e. The van der Waals surface area contributed by atoms with E-state index >= 15 is 0 Å². The van der Waals surface area contributed by atoms with Gasteiger partial charge in [-0.05, 0) is 68.9 Å². The molecule has 0 saturated carbocycles. The summed E-state index contributed by atoms with van der Waals surface area (Å²) in [5.41, 5.74) is 3.29. The summed E-state index contributed by atoms with van der Waals surface area (Å²) >= 11 is 0. The molecular formula is C26H29N3O3. The smallest absolute Gasteiger partial charge is 0.317 e. The summed E-state index contributed by atoms with van der Waals surface area (Å²) in [6.45, 7) is 3.21. The second-order valence-corrected chi connectivity index (χ2v) is 8.24. The number of allylic oxidation sites excluding steroid dienone is 1. The van der Waals surface area contributed by atoms with Crippen LogP contribution in [0.4, 0.5) is 0 Å². The van der Waals surface area contributed by atoms with E-state index in [9.17, 15) is 14.4 Å². The second kappa shape index (κ2) is 9.81. The zero-order chi connectivity index (χ0) is 22.5. The summed E-state index contributed by atoms with van der Waals surface area (Å²) < 4.78 is 3.02. The molecule has 4 rings (SSSR count). The predicted molar refractivity (Wildman–Crippen MR) is 127 cm³/mol. The number of benzene rings is 2. The predicted octanol–water partition coefficient (Wildman–Crippen LogP) is 3.85. The standard InChI is InChI=1S/C26H29N3O3/c1-2-28-22-10-6-7-11-23(22)29(26(32)25(28)31)18-20-12-14-21(15-13-20)24(30)27-17-16-19-8-4-3-5-9-19/h6-8,10-15H,2-5,9,16-18H2,1H3,(H,27,30). The first-order valence-corrected chi connectivity index (χ1v) is 11.4. The quantitative estimate of drug-likeness (QED) is 0.456. The van der Waals surface area contributed by atoms with E-state index in [2.05, 4.69) is 11.4 Å². The number of hydrogen-bond acceptors (Lipinski definition) is 3. The van der Waals surface area contributed by atoms with Crippen molar-refractivity contribution in [1.29, 1.82) is 0 Å². The Morgan fingerprint density at radius 1 is 0.938 bits per heavy atom. The van der Waals surface area contributed by atoms with Crippen LogP contribution in [0, 0.1) is 0 Å². The fraction of sp³-hybridized carbons (Fsp3) is 0.346. The molecule has 6 heteroatoms. The number of carbonyl (C=O) groups excluding carboxylic acids is 1. The van der Waals surface area contributed by atoms with Gasteiger partial charge in [-0.2, -0.15) is 0 Å². The molecule has 0 unspecified atom stereocenters. The van der Waals surface area contributed by atoms with Crippen molar-refractivity contribution in [3.05, 3.63) is 92.0 Å². The summed E-state index contributed by atoms with van der Waals surface area (Å²) in [4.78, 5) is 37.8. The van der Waals surface area contributed by atoms with Gasteiger partial charge in [-0.25, -0.2) is 0 Å². The van der Waals surface area contributed by atoms with Crippen LogP contribution in [0.1, 0.15) is 54.9 Å². The van der Waals surface area contributed by atoms with Gasteiger partial charge in [0, 0.05) is 18.7 Å². The third-order valence-electron chi connectivity index (χ3n) is 6.13. The largest absolute Gasteiger partial charge is 0.352 e. The molecule has 0 fully saturated rings. The normalized spacial score (nSPS) is 13.7. The first-order chi connectivity index (χ1) is 15.6. The first-order valence-electron chi connectivity index (χ1n) is 11.4. The molecule has 1 aliphatic carbocycles. The highest BCUT2D eigenvalue weighted by atomic mass is 16.2. The molecule has 1 heterocycles. The number of nitrogens with one attached hydrogen (secondary N) is 1. The number of fused-ring (bicyclic) bond motifs is 1. The van der Waals surface area contributed by atoms with Crippen LogP contribution in [0.3, 0.4) is 0 Å². The third-order valence-corrected chi connectivity index (χ3v) is 6.13. The van der Waals surface area contributed by atoms with E-state index in [4.69, 9.17) is 0 Å². The molecule has 166 valence electrons. The number of hydrogen-bond donors (Lipinski definition) is 1. The van der Waals surface area contributed by atoms with Gasteiger partial charge in [0.1, 0.15) is 0 Å². The lowest BCUT2D eigenvalue weighted by atomic mass is 9.97. The molecule has 1 aromatic heterocycles. The van der Waals surface area contributed by atoms with Gasteiger partial charge in [-0.1, -0.05) is 35.9 Å². The van der Waals surface area contributed by atoms with E-state index in [1.165, 1.54) is 27.5 Å². The number of carbonyl (C=O) groups is 1. The van der Waals surface area contributed by atoms with E-state index in [1.54, 1.807) is 12.1 Å². The van der Waals surface area contributed by atoms with Crippen molar-refractivity contribution in [3.63, 3.8) is 0 Å². The van der Waals surface area contributed by atoms with Crippen molar-refractivity contribution in [2.24, 2.45) is 0 Å². The number of aryl methyl sites for hydroxylation is 1. The Morgan fingerprint density at radius 3 is 2.28 bits per heavy atom. The molecule has 32 heavy (non-hydrogen) atoms. The van der Waals surface area contributed by atoms with Crippen LogP contribution in [0.15, 0.2) is 69.8 Å². The molecule has 0 radical (unpaired) electrons. The lowest BCUT2D eigenvalue weighted by Gasteiger charge is -2.14. The van der Waals surface area contributed by atoms with Gasteiger partial charge < -0.3 is 9.88 Å². The highest BCUT2D eigenvalue weighted by Gasteiger charge is 2.13. The summed E-state index contributed by atoms with van der Waals surface area (Å²) in [5.74, 6) is -0.0962. The van der Waals surface area contributed by atoms with Gasteiger partial charge in [0.15, 0.2) is 0 Å². The zero-order valence-corrected chi connectivity index (χ0v) is 18.5. The van der Waals surface area contributed by atoms with Gasteiger partial charge in [0.25, 0.3) is 5.91 Å². The maximum absolute atomic E-state index is 12.8. The molecule has 0 atom stereocenters. The van der Waals surface area contributed by atoms with Crippen molar-refractivity contribution < 1.29 is 4.79 Å². The molecule has 0 bridgehead atoms. The molecule has 6 nitrogen and oxygen atoms in total. The summed E-state index contributed by atoms with van der Waals surface area (Å²) in [7, 11) is 0. The van der Waals surface area contributed by atoms with Crippen molar-refractivity contribution in [1.82, 2.24) is 14.5 Å². The van der Waals surface area contributed by atoms with Gasteiger partial charge >= 0.3 is 11.1 Å². The Morgan fingerprint density at radius 2 is 1.62 bits per heavy atom. The average molecular weight is 432 g/mol.